The molecule has 126 valence electrons. The molecule has 0 unspecified atom stereocenters. The van der Waals surface area contributed by atoms with E-state index in [1.807, 2.05) is 41.5 Å². The lowest BCUT2D eigenvalue weighted by molar-refractivity contribution is 1.34. The van der Waals surface area contributed by atoms with E-state index in [9.17, 15) is 0 Å². The lowest BCUT2D eigenvalue weighted by Crippen LogP contribution is -1.74. The molecule has 0 radical (unpaired) electrons. The maximum Gasteiger partial charge on any atom is -0.0395 e. The van der Waals surface area contributed by atoms with E-state index in [-0.39, 0.29) is 0 Å². The first-order valence-corrected chi connectivity index (χ1v) is 8.65. The molecule has 0 saturated heterocycles. The van der Waals surface area contributed by atoms with Gasteiger partial charge in [0, 0.05) is 0 Å². The minimum Gasteiger partial charge on any atom is -0.0683 e. The van der Waals surface area contributed by atoms with Crippen LogP contribution in [-0.2, 0) is 0 Å². The standard InChI is InChI=1S/2C8H10.3C2H6/c2*1-7-5-3-4-6-8(7)2;3*1-2/h2*3-6H,1-2H3;3*1-2H3. The number of hydrogen-bond acceptors (Lipinski definition) is 0. The molecule has 0 atom stereocenters. The fraction of sp³-hybridized carbons (Fsp3) is 0.455. The van der Waals surface area contributed by atoms with E-state index in [2.05, 4.69) is 76.2 Å². The molecule has 22 heavy (non-hydrogen) atoms. The van der Waals surface area contributed by atoms with Crippen LogP contribution in [0.1, 0.15) is 63.8 Å². The van der Waals surface area contributed by atoms with Gasteiger partial charge in [-0.25, -0.2) is 0 Å². The van der Waals surface area contributed by atoms with Gasteiger partial charge in [0.05, 0.1) is 0 Å². The summed E-state index contributed by atoms with van der Waals surface area (Å²) in [6.07, 6.45) is 0. The monoisotopic (exact) mass is 302 g/mol. The third-order valence-electron chi connectivity index (χ3n) is 2.85. The molecule has 0 aliphatic heterocycles. The molecule has 2 aromatic carbocycles. The van der Waals surface area contributed by atoms with Crippen molar-refractivity contribution < 1.29 is 0 Å². The van der Waals surface area contributed by atoms with Crippen LogP contribution in [0.4, 0.5) is 0 Å². The molecular weight excluding hydrogens is 264 g/mol. The largest absolute Gasteiger partial charge is 0.0683 e. The fourth-order valence-electron chi connectivity index (χ4n) is 1.33. The molecule has 0 fully saturated rings. The Morgan fingerprint density at radius 1 is 0.364 bits per heavy atom. The Morgan fingerprint density at radius 2 is 0.500 bits per heavy atom. The van der Waals surface area contributed by atoms with Crippen molar-refractivity contribution in [2.45, 2.75) is 69.2 Å². The lowest BCUT2D eigenvalue weighted by Gasteiger charge is -1.93. The zero-order valence-electron chi connectivity index (χ0n) is 16.6. The second-order valence-electron chi connectivity index (χ2n) is 4.17. The van der Waals surface area contributed by atoms with Gasteiger partial charge in [0.1, 0.15) is 0 Å². The quantitative estimate of drug-likeness (QED) is 0.468. The van der Waals surface area contributed by atoms with Crippen LogP contribution >= 0.6 is 0 Å². The van der Waals surface area contributed by atoms with Crippen LogP contribution < -0.4 is 0 Å². The van der Waals surface area contributed by atoms with Crippen molar-refractivity contribution in [1.29, 1.82) is 0 Å². The summed E-state index contributed by atoms with van der Waals surface area (Å²) in [6.45, 7) is 20.5. The van der Waals surface area contributed by atoms with Crippen molar-refractivity contribution in [3.8, 4) is 0 Å². The Labute approximate surface area is 140 Å². The Morgan fingerprint density at radius 3 is 0.591 bits per heavy atom. The van der Waals surface area contributed by atoms with Gasteiger partial charge in [-0.1, -0.05) is 90.1 Å². The van der Waals surface area contributed by atoms with Gasteiger partial charge >= 0.3 is 0 Å². The number of benzene rings is 2. The molecular formula is C22H38. The SMILES string of the molecule is CC.CC.CC.Cc1ccccc1C.Cc1ccccc1C. The maximum atomic E-state index is 2.12. The van der Waals surface area contributed by atoms with Crippen molar-refractivity contribution in [1.82, 2.24) is 0 Å². The summed E-state index contributed by atoms with van der Waals surface area (Å²) < 4.78 is 0. The van der Waals surface area contributed by atoms with E-state index in [0.717, 1.165) is 0 Å². The second-order valence-corrected chi connectivity index (χ2v) is 4.17. The summed E-state index contributed by atoms with van der Waals surface area (Å²) in [5.41, 5.74) is 5.47. The highest BCUT2D eigenvalue weighted by Crippen LogP contribution is 2.03. The van der Waals surface area contributed by atoms with Gasteiger partial charge in [-0.05, 0) is 49.9 Å². The van der Waals surface area contributed by atoms with Gasteiger partial charge in [0.2, 0.25) is 0 Å². The van der Waals surface area contributed by atoms with E-state index >= 15 is 0 Å². The van der Waals surface area contributed by atoms with E-state index in [4.69, 9.17) is 0 Å². The van der Waals surface area contributed by atoms with Gasteiger partial charge in [-0.15, -0.1) is 0 Å². The molecule has 0 N–H and O–H groups in total. The fourth-order valence-corrected chi connectivity index (χ4v) is 1.33. The van der Waals surface area contributed by atoms with Gasteiger partial charge < -0.3 is 0 Å². The first-order valence-electron chi connectivity index (χ1n) is 8.65. The van der Waals surface area contributed by atoms with Crippen LogP contribution in [-0.4, -0.2) is 0 Å². The van der Waals surface area contributed by atoms with Crippen LogP contribution in [0.25, 0.3) is 0 Å². The van der Waals surface area contributed by atoms with E-state index < -0.39 is 0 Å². The topological polar surface area (TPSA) is 0 Å². The molecule has 0 aromatic heterocycles. The zero-order valence-corrected chi connectivity index (χ0v) is 16.6. The summed E-state index contributed by atoms with van der Waals surface area (Å²) in [6, 6.07) is 16.7. The summed E-state index contributed by atoms with van der Waals surface area (Å²) in [5, 5.41) is 0. The van der Waals surface area contributed by atoms with Crippen molar-refractivity contribution >= 4 is 0 Å². The third-order valence-corrected chi connectivity index (χ3v) is 2.85. The van der Waals surface area contributed by atoms with Crippen molar-refractivity contribution in [3.63, 3.8) is 0 Å². The van der Waals surface area contributed by atoms with Crippen LogP contribution in [0.2, 0.25) is 0 Å². The summed E-state index contributed by atoms with van der Waals surface area (Å²) in [4.78, 5) is 0. The second kappa shape index (κ2) is 19.4. The molecule has 0 amide bonds. The third kappa shape index (κ3) is 13.4. The first kappa shape index (κ1) is 25.4. The molecule has 0 aliphatic carbocycles. The van der Waals surface area contributed by atoms with Gasteiger partial charge in [-0.2, -0.15) is 0 Å². The molecule has 0 heterocycles. The maximum absolute atomic E-state index is 2.12. The molecule has 2 aromatic rings. The highest BCUT2D eigenvalue weighted by molar-refractivity contribution is 5.23. The van der Waals surface area contributed by atoms with E-state index in [1.165, 1.54) is 22.3 Å². The minimum atomic E-state index is 1.37. The Bertz CT molecular complexity index is 356. The minimum absolute atomic E-state index is 1.37. The van der Waals surface area contributed by atoms with Crippen LogP contribution in [0.3, 0.4) is 0 Å². The van der Waals surface area contributed by atoms with Crippen LogP contribution in [0.5, 0.6) is 0 Å². The molecule has 0 nitrogen and oxygen atoms in total. The van der Waals surface area contributed by atoms with Crippen LogP contribution in [0.15, 0.2) is 48.5 Å². The van der Waals surface area contributed by atoms with E-state index in [0.29, 0.717) is 0 Å². The Kier molecular flexibility index (Phi) is 22.4. The lowest BCUT2D eigenvalue weighted by atomic mass is 10.1. The Balaban J connectivity index is -0.000000246. The summed E-state index contributed by atoms with van der Waals surface area (Å²) >= 11 is 0. The average Bonchev–Trinajstić information content (AvgIpc) is 2.59. The number of hydrogen-bond donors (Lipinski definition) is 0. The van der Waals surface area contributed by atoms with Crippen molar-refractivity contribution in [2.75, 3.05) is 0 Å². The molecule has 0 bridgehead atoms. The predicted octanol–water partition coefficient (Wildman–Crippen LogP) is 7.69. The van der Waals surface area contributed by atoms with Gasteiger partial charge in [0.25, 0.3) is 0 Å². The van der Waals surface area contributed by atoms with Crippen LogP contribution in [0, 0.1) is 27.7 Å². The highest BCUT2D eigenvalue weighted by Gasteiger charge is 1.84. The molecule has 0 heteroatoms. The molecule has 2 rings (SSSR count). The zero-order chi connectivity index (χ0) is 18.0. The molecule has 0 aliphatic rings. The molecule has 0 saturated carbocycles. The first-order chi connectivity index (χ1) is 10.6. The number of aryl methyl sites for hydroxylation is 4. The normalized spacial score (nSPS) is 7.55. The average molecular weight is 303 g/mol. The summed E-state index contributed by atoms with van der Waals surface area (Å²) in [5.74, 6) is 0. The number of rotatable bonds is 0. The Hall–Kier alpha value is -1.56. The molecule has 0 spiro atoms. The predicted molar refractivity (Wildman–Crippen MR) is 106 cm³/mol. The highest BCUT2D eigenvalue weighted by atomic mass is 13.9. The van der Waals surface area contributed by atoms with E-state index in [1.54, 1.807) is 0 Å². The van der Waals surface area contributed by atoms with Crippen molar-refractivity contribution in [2.24, 2.45) is 0 Å². The smallest absolute Gasteiger partial charge is 0.0395 e. The van der Waals surface area contributed by atoms with Crippen molar-refractivity contribution in [3.05, 3.63) is 70.8 Å². The van der Waals surface area contributed by atoms with Gasteiger partial charge in [-0.3, -0.25) is 0 Å². The summed E-state index contributed by atoms with van der Waals surface area (Å²) in [7, 11) is 0. The van der Waals surface area contributed by atoms with Gasteiger partial charge in [0.15, 0.2) is 0 Å².